The minimum absolute atomic E-state index is 0.0841. The Morgan fingerprint density at radius 2 is 1.93 bits per heavy atom. The van der Waals surface area contributed by atoms with Crippen molar-refractivity contribution in [3.05, 3.63) is 83.1 Å². The van der Waals surface area contributed by atoms with Gasteiger partial charge in [0.25, 0.3) is 10.1 Å². The zero-order valence-electron chi connectivity index (χ0n) is 16.7. The number of pyridine rings is 1. The summed E-state index contributed by atoms with van der Waals surface area (Å²) in [6.45, 7) is 4.53. The van der Waals surface area contributed by atoms with Crippen molar-refractivity contribution < 1.29 is 13.0 Å². The molecule has 1 aliphatic heterocycles. The van der Waals surface area contributed by atoms with E-state index in [2.05, 4.69) is 48.4 Å². The largest absolute Gasteiger partial charge is 0.399 e. The molecule has 4 rings (SSSR count). The summed E-state index contributed by atoms with van der Waals surface area (Å²) in [6.07, 6.45) is 3.52. The molecule has 158 valence electrons. The average molecular weight is 446 g/mol. The van der Waals surface area contributed by atoms with Crippen molar-refractivity contribution in [2.45, 2.75) is 36.6 Å². The molecule has 4 N–H and O–H groups in total. The average Bonchev–Trinajstić information content (AvgIpc) is 2.69. The first kappa shape index (κ1) is 22.1. The molecule has 3 aromatic rings. The highest BCUT2D eigenvalue weighted by Crippen LogP contribution is 2.44. The molecule has 0 amide bonds. The van der Waals surface area contributed by atoms with Gasteiger partial charge in [-0.3, -0.25) is 9.54 Å². The molecule has 0 spiro atoms. The number of fused-ring (bicyclic) bond motifs is 1. The van der Waals surface area contributed by atoms with Crippen LogP contribution in [0.5, 0.6) is 0 Å². The molecule has 0 radical (unpaired) electrons. The molecule has 8 heteroatoms. The number of hydrogen-bond acceptors (Lipinski definition) is 5. The Kier molecular flexibility index (Phi) is 6.36. The summed E-state index contributed by atoms with van der Waals surface area (Å²) < 4.78 is 29.1. The molecular formula is C22H24ClN3O3S. The van der Waals surface area contributed by atoms with Crippen LogP contribution in [-0.4, -0.2) is 18.0 Å². The van der Waals surface area contributed by atoms with E-state index in [1.807, 2.05) is 18.2 Å². The smallest absolute Gasteiger partial charge is 0.296 e. The predicted octanol–water partition coefficient (Wildman–Crippen LogP) is 5.09. The van der Waals surface area contributed by atoms with Crippen LogP contribution < -0.4 is 11.1 Å². The highest BCUT2D eigenvalue weighted by molar-refractivity contribution is 7.85. The number of nitrogens with zero attached hydrogens (tertiary/aromatic N) is 1. The first-order valence-electron chi connectivity index (χ1n) is 9.36. The number of halogens is 1. The number of aromatic nitrogens is 1. The van der Waals surface area contributed by atoms with Crippen molar-refractivity contribution >= 4 is 33.1 Å². The Labute approximate surface area is 181 Å². The van der Waals surface area contributed by atoms with Gasteiger partial charge in [0.2, 0.25) is 0 Å². The maximum Gasteiger partial charge on any atom is 0.296 e. The normalized spacial score (nSPS) is 17.1. The fourth-order valence-electron chi connectivity index (χ4n) is 3.54. The predicted molar refractivity (Wildman–Crippen MR) is 120 cm³/mol. The molecule has 1 atom stereocenters. The van der Waals surface area contributed by atoms with Crippen LogP contribution in [0.4, 0.5) is 11.4 Å². The lowest BCUT2D eigenvalue weighted by atomic mass is 9.74. The van der Waals surface area contributed by atoms with E-state index in [0.717, 1.165) is 29.0 Å². The maximum absolute atomic E-state index is 10.3. The van der Waals surface area contributed by atoms with E-state index < -0.39 is 10.1 Å². The van der Waals surface area contributed by atoms with E-state index in [1.165, 1.54) is 29.5 Å². The van der Waals surface area contributed by atoms with Crippen molar-refractivity contribution in [3.8, 4) is 0 Å². The van der Waals surface area contributed by atoms with Crippen LogP contribution in [0, 0.1) is 0 Å². The van der Waals surface area contributed by atoms with Gasteiger partial charge in [0.05, 0.1) is 6.04 Å². The van der Waals surface area contributed by atoms with E-state index in [0.29, 0.717) is 0 Å². The Balaban J connectivity index is 0.000000216. The number of hydrogen-bond donors (Lipinski definition) is 3. The summed E-state index contributed by atoms with van der Waals surface area (Å²) in [5, 5.41) is 4.40. The molecule has 6 nitrogen and oxygen atoms in total. The standard InChI is InChI=1S/C17H19ClN2.C5H5NO3S/c1-17(2)10-16(11-4-3-5-13(19)8-11)20-15-7-6-12(18)9-14(15)17;7-10(8,9)5-2-1-3-6-4-5/h3-9,16,20H,10,19H2,1-2H3;1-4H,(H,7,8,9). The molecule has 0 fully saturated rings. The van der Waals surface area contributed by atoms with Crippen molar-refractivity contribution in [3.63, 3.8) is 0 Å². The van der Waals surface area contributed by atoms with Gasteiger partial charge in [0.15, 0.2) is 0 Å². The summed E-state index contributed by atoms with van der Waals surface area (Å²) in [6, 6.07) is 17.2. The van der Waals surface area contributed by atoms with E-state index in [-0.39, 0.29) is 16.4 Å². The van der Waals surface area contributed by atoms with Gasteiger partial charge < -0.3 is 11.1 Å². The van der Waals surface area contributed by atoms with E-state index in [9.17, 15) is 8.42 Å². The van der Waals surface area contributed by atoms with E-state index >= 15 is 0 Å². The number of rotatable bonds is 2. The SMILES string of the molecule is CC1(C)CC(c2cccc(N)c2)Nc2ccc(Cl)cc21.O=S(=O)(O)c1cccnc1. The van der Waals surface area contributed by atoms with E-state index in [1.54, 1.807) is 0 Å². The third-order valence-electron chi connectivity index (χ3n) is 5.00. The number of nitrogens with one attached hydrogen (secondary N) is 1. The quantitative estimate of drug-likeness (QED) is 0.375. The van der Waals surface area contributed by atoms with Gasteiger partial charge in [0.1, 0.15) is 4.90 Å². The van der Waals surface area contributed by atoms with Crippen molar-refractivity contribution in [1.29, 1.82) is 0 Å². The summed E-state index contributed by atoms with van der Waals surface area (Å²) in [7, 11) is -4.07. The lowest BCUT2D eigenvalue weighted by Gasteiger charge is -2.39. The monoisotopic (exact) mass is 445 g/mol. The van der Waals surface area contributed by atoms with Gasteiger partial charge in [-0.1, -0.05) is 37.6 Å². The highest BCUT2D eigenvalue weighted by atomic mass is 35.5. The second kappa shape index (κ2) is 8.63. The second-order valence-electron chi connectivity index (χ2n) is 7.81. The first-order valence-corrected chi connectivity index (χ1v) is 11.2. The van der Waals surface area contributed by atoms with Crippen molar-refractivity contribution in [2.24, 2.45) is 0 Å². The minimum atomic E-state index is -4.07. The topological polar surface area (TPSA) is 105 Å². The van der Waals surface area contributed by atoms with Gasteiger partial charge >= 0.3 is 0 Å². The molecule has 0 saturated heterocycles. The van der Waals surface area contributed by atoms with Crippen molar-refractivity contribution in [1.82, 2.24) is 4.98 Å². The molecule has 2 heterocycles. The van der Waals surface area contributed by atoms with Gasteiger partial charge in [-0.25, -0.2) is 0 Å². The Morgan fingerprint density at radius 1 is 1.17 bits per heavy atom. The Morgan fingerprint density at radius 3 is 2.53 bits per heavy atom. The number of benzene rings is 2. The Hall–Kier alpha value is -2.61. The lowest BCUT2D eigenvalue weighted by Crippen LogP contribution is -2.31. The number of nitrogens with two attached hydrogens (primary N) is 1. The summed E-state index contributed by atoms with van der Waals surface area (Å²) >= 11 is 6.13. The third-order valence-corrected chi connectivity index (χ3v) is 6.07. The van der Waals surface area contributed by atoms with Crippen molar-refractivity contribution in [2.75, 3.05) is 11.1 Å². The fourth-order valence-corrected chi connectivity index (χ4v) is 4.15. The molecule has 0 aliphatic carbocycles. The van der Waals surface area contributed by atoms with E-state index in [4.69, 9.17) is 21.9 Å². The maximum atomic E-state index is 10.3. The number of nitrogen functional groups attached to an aromatic ring is 1. The molecule has 1 unspecified atom stereocenters. The van der Waals surface area contributed by atoms with Gasteiger partial charge in [-0.2, -0.15) is 8.42 Å². The second-order valence-corrected chi connectivity index (χ2v) is 9.67. The molecule has 30 heavy (non-hydrogen) atoms. The fraction of sp³-hybridized carbons (Fsp3) is 0.227. The molecule has 0 bridgehead atoms. The van der Waals surface area contributed by atoms with Gasteiger partial charge in [0, 0.05) is 28.8 Å². The van der Waals surface area contributed by atoms with Crippen LogP contribution in [0.1, 0.15) is 37.4 Å². The van der Waals surface area contributed by atoms with Crippen LogP contribution in [0.3, 0.4) is 0 Å². The number of anilines is 2. The third kappa shape index (κ3) is 5.30. The molecule has 1 aromatic heterocycles. The van der Waals surface area contributed by atoms with Gasteiger partial charge in [-0.05, 0) is 65.4 Å². The summed E-state index contributed by atoms with van der Waals surface area (Å²) in [5.41, 5.74) is 10.5. The summed E-state index contributed by atoms with van der Waals surface area (Å²) in [4.78, 5) is 3.33. The van der Waals surface area contributed by atoms with Crippen LogP contribution in [-0.2, 0) is 15.5 Å². The molecule has 0 saturated carbocycles. The summed E-state index contributed by atoms with van der Waals surface area (Å²) in [5.74, 6) is 0. The van der Waals surface area contributed by atoms with Gasteiger partial charge in [-0.15, -0.1) is 0 Å². The molecule has 2 aromatic carbocycles. The van der Waals surface area contributed by atoms with Crippen LogP contribution in [0.2, 0.25) is 5.02 Å². The molecule has 1 aliphatic rings. The van der Waals surface area contributed by atoms with Crippen LogP contribution in [0.15, 0.2) is 71.9 Å². The van der Waals surface area contributed by atoms with Crippen LogP contribution >= 0.6 is 11.6 Å². The zero-order chi connectivity index (χ0) is 21.9. The minimum Gasteiger partial charge on any atom is -0.399 e. The van der Waals surface area contributed by atoms with Crippen LogP contribution in [0.25, 0.3) is 0 Å². The first-order chi connectivity index (χ1) is 14.1. The Bertz CT molecular complexity index is 1140. The highest BCUT2D eigenvalue weighted by Gasteiger charge is 2.33. The molecular weight excluding hydrogens is 422 g/mol. The lowest BCUT2D eigenvalue weighted by molar-refractivity contribution is 0.427. The zero-order valence-corrected chi connectivity index (χ0v) is 18.3.